The van der Waals surface area contributed by atoms with E-state index >= 15 is 0 Å². The SMILES string of the molecule is c1cc2c(cc1-c1cnc(O[C@H]3CCN4CCC[C@@H]3C4)nc1)CCN2. The van der Waals surface area contributed by atoms with Crippen molar-refractivity contribution in [2.24, 2.45) is 5.92 Å². The summed E-state index contributed by atoms with van der Waals surface area (Å²) in [4.78, 5) is 11.5. The van der Waals surface area contributed by atoms with Gasteiger partial charge in [-0.2, -0.15) is 0 Å². The van der Waals surface area contributed by atoms with Crippen LogP contribution in [0.4, 0.5) is 5.69 Å². The molecule has 1 N–H and O–H groups in total. The molecule has 0 spiro atoms. The largest absolute Gasteiger partial charge is 0.460 e. The lowest BCUT2D eigenvalue weighted by Crippen LogP contribution is -2.49. The predicted molar refractivity (Wildman–Crippen MR) is 97.9 cm³/mol. The standard InChI is InChI=1S/C20H24N4O/c1-2-16-13-24(8-1)9-6-19(16)25-20-22-11-17(12-23-20)14-3-4-18-15(10-14)5-7-21-18/h3-4,10-12,16,19,21H,1-2,5-9,13H2/t16-,19+/m1/s1. The minimum Gasteiger partial charge on any atom is -0.460 e. The van der Waals surface area contributed by atoms with Gasteiger partial charge in [-0.3, -0.25) is 0 Å². The Morgan fingerprint density at radius 3 is 2.92 bits per heavy atom. The molecule has 2 fully saturated rings. The molecular weight excluding hydrogens is 312 g/mol. The van der Waals surface area contributed by atoms with Gasteiger partial charge >= 0.3 is 6.01 Å². The monoisotopic (exact) mass is 336 g/mol. The second-order valence-electron chi connectivity index (χ2n) is 7.45. The van der Waals surface area contributed by atoms with Crippen molar-refractivity contribution in [1.29, 1.82) is 0 Å². The molecule has 0 radical (unpaired) electrons. The number of nitrogens with zero attached hydrogens (tertiary/aromatic N) is 3. The molecule has 0 aliphatic carbocycles. The van der Waals surface area contributed by atoms with Crippen LogP contribution in [0.1, 0.15) is 24.8 Å². The molecule has 130 valence electrons. The van der Waals surface area contributed by atoms with Gasteiger partial charge in [-0.05, 0) is 55.5 Å². The van der Waals surface area contributed by atoms with Gasteiger partial charge in [0.1, 0.15) is 6.10 Å². The molecule has 2 bridgehead atoms. The number of anilines is 1. The van der Waals surface area contributed by atoms with E-state index in [2.05, 4.69) is 38.4 Å². The highest BCUT2D eigenvalue weighted by Gasteiger charge is 2.33. The van der Waals surface area contributed by atoms with Gasteiger partial charge in [-0.1, -0.05) is 6.07 Å². The van der Waals surface area contributed by atoms with Crippen LogP contribution in [0.5, 0.6) is 6.01 Å². The van der Waals surface area contributed by atoms with Crippen molar-refractivity contribution in [2.75, 3.05) is 31.5 Å². The lowest BCUT2D eigenvalue weighted by atomic mass is 9.87. The third-order valence-electron chi connectivity index (χ3n) is 5.83. The smallest absolute Gasteiger partial charge is 0.316 e. The summed E-state index contributed by atoms with van der Waals surface area (Å²) in [6, 6.07) is 7.05. The Balaban J connectivity index is 1.30. The number of piperidine rings is 2. The van der Waals surface area contributed by atoms with E-state index in [0.717, 1.165) is 31.5 Å². The molecule has 1 aromatic carbocycles. The maximum absolute atomic E-state index is 6.15. The zero-order chi connectivity index (χ0) is 16.6. The summed E-state index contributed by atoms with van der Waals surface area (Å²) in [5.41, 5.74) is 4.86. The molecule has 25 heavy (non-hydrogen) atoms. The second kappa shape index (κ2) is 6.30. The first kappa shape index (κ1) is 15.1. The highest BCUT2D eigenvalue weighted by molar-refractivity contribution is 5.68. The van der Waals surface area contributed by atoms with Crippen LogP contribution in [-0.4, -0.2) is 47.2 Å². The minimum absolute atomic E-state index is 0.272. The van der Waals surface area contributed by atoms with Crippen molar-refractivity contribution in [3.05, 3.63) is 36.2 Å². The Labute approximate surface area is 148 Å². The molecule has 5 heteroatoms. The van der Waals surface area contributed by atoms with Gasteiger partial charge < -0.3 is 15.0 Å². The van der Waals surface area contributed by atoms with E-state index < -0.39 is 0 Å². The Hall–Kier alpha value is -2.14. The van der Waals surface area contributed by atoms with Crippen molar-refractivity contribution >= 4 is 5.69 Å². The average molecular weight is 336 g/mol. The molecule has 3 aliphatic rings. The first-order chi connectivity index (χ1) is 12.3. The van der Waals surface area contributed by atoms with Gasteiger partial charge in [-0.15, -0.1) is 0 Å². The van der Waals surface area contributed by atoms with Crippen molar-refractivity contribution in [1.82, 2.24) is 14.9 Å². The van der Waals surface area contributed by atoms with E-state index in [9.17, 15) is 0 Å². The number of ether oxygens (including phenoxy) is 1. The molecule has 0 amide bonds. The van der Waals surface area contributed by atoms with Crippen molar-refractivity contribution < 1.29 is 4.74 Å². The Morgan fingerprint density at radius 1 is 1.08 bits per heavy atom. The molecule has 5 nitrogen and oxygen atoms in total. The van der Waals surface area contributed by atoms with Gasteiger partial charge in [0.25, 0.3) is 0 Å². The summed E-state index contributed by atoms with van der Waals surface area (Å²) in [5.74, 6) is 0.634. The Bertz CT molecular complexity index is 761. The molecule has 2 saturated heterocycles. The van der Waals surface area contributed by atoms with Crippen LogP contribution in [0, 0.1) is 5.92 Å². The number of rotatable bonds is 3. The summed E-state index contributed by atoms with van der Waals surface area (Å²) in [7, 11) is 0. The summed E-state index contributed by atoms with van der Waals surface area (Å²) >= 11 is 0. The van der Waals surface area contributed by atoms with Crippen LogP contribution in [0.25, 0.3) is 11.1 Å². The zero-order valence-electron chi connectivity index (χ0n) is 14.4. The molecule has 5 rings (SSSR count). The fourth-order valence-corrected chi connectivity index (χ4v) is 4.44. The summed E-state index contributed by atoms with van der Waals surface area (Å²) in [6.45, 7) is 4.60. The van der Waals surface area contributed by atoms with Crippen molar-refractivity contribution in [2.45, 2.75) is 31.8 Å². The van der Waals surface area contributed by atoms with Crippen LogP contribution in [0.15, 0.2) is 30.6 Å². The zero-order valence-corrected chi connectivity index (χ0v) is 14.4. The normalized spacial score (nSPS) is 27.4. The quantitative estimate of drug-likeness (QED) is 0.934. The van der Waals surface area contributed by atoms with Crippen LogP contribution in [0.3, 0.4) is 0 Å². The van der Waals surface area contributed by atoms with Gasteiger partial charge in [0.05, 0.1) is 0 Å². The van der Waals surface area contributed by atoms with Gasteiger partial charge in [0.15, 0.2) is 0 Å². The number of fused-ring (bicyclic) bond motifs is 3. The number of benzene rings is 1. The van der Waals surface area contributed by atoms with E-state index in [0.29, 0.717) is 11.9 Å². The maximum atomic E-state index is 6.15. The van der Waals surface area contributed by atoms with E-state index in [1.165, 1.54) is 42.7 Å². The first-order valence-electron chi connectivity index (χ1n) is 9.43. The molecule has 1 aromatic heterocycles. The number of nitrogens with one attached hydrogen (secondary N) is 1. The van der Waals surface area contributed by atoms with Crippen molar-refractivity contribution in [3.8, 4) is 17.1 Å². The molecule has 3 aliphatic heterocycles. The molecule has 3 atom stereocenters. The Kier molecular flexibility index (Phi) is 3.82. The van der Waals surface area contributed by atoms with Crippen LogP contribution >= 0.6 is 0 Å². The summed E-state index contributed by atoms with van der Waals surface area (Å²) in [6.07, 6.45) is 8.79. The van der Waals surface area contributed by atoms with E-state index in [1.54, 1.807) is 0 Å². The van der Waals surface area contributed by atoms with E-state index in [-0.39, 0.29) is 6.10 Å². The highest BCUT2D eigenvalue weighted by atomic mass is 16.5. The molecule has 2 aromatic rings. The number of hydrogen-bond acceptors (Lipinski definition) is 5. The van der Waals surface area contributed by atoms with Gasteiger partial charge in [0, 0.05) is 49.2 Å². The van der Waals surface area contributed by atoms with Crippen LogP contribution in [0.2, 0.25) is 0 Å². The summed E-state index contributed by atoms with van der Waals surface area (Å²) < 4.78 is 6.15. The fourth-order valence-electron chi connectivity index (χ4n) is 4.44. The summed E-state index contributed by atoms with van der Waals surface area (Å²) in [5, 5.41) is 3.40. The second-order valence-corrected chi connectivity index (χ2v) is 7.45. The topological polar surface area (TPSA) is 50.3 Å². The maximum Gasteiger partial charge on any atom is 0.316 e. The Morgan fingerprint density at radius 2 is 2.00 bits per heavy atom. The van der Waals surface area contributed by atoms with Crippen molar-refractivity contribution in [3.63, 3.8) is 0 Å². The average Bonchev–Trinajstić information content (AvgIpc) is 3.13. The van der Waals surface area contributed by atoms with E-state index in [1.807, 2.05) is 12.4 Å². The van der Waals surface area contributed by atoms with Gasteiger partial charge in [-0.25, -0.2) is 9.97 Å². The molecule has 0 saturated carbocycles. The molecule has 1 unspecified atom stereocenters. The lowest BCUT2D eigenvalue weighted by molar-refractivity contribution is 0.0103. The lowest BCUT2D eigenvalue weighted by Gasteiger charge is -2.41. The molecular formula is C20H24N4O. The third kappa shape index (κ3) is 2.97. The van der Waals surface area contributed by atoms with Crippen LogP contribution in [-0.2, 0) is 6.42 Å². The third-order valence-corrected chi connectivity index (χ3v) is 5.83. The van der Waals surface area contributed by atoms with Crippen LogP contribution < -0.4 is 10.1 Å². The van der Waals surface area contributed by atoms with E-state index in [4.69, 9.17) is 4.74 Å². The number of aromatic nitrogens is 2. The van der Waals surface area contributed by atoms with Gasteiger partial charge in [0.2, 0.25) is 0 Å². The highest BCUT2D eigenvalue weighted by Crippen LogP contribution is 2.30. The number of hydrogen-bond donors (Lipinski definition) is 1. The molecule has 4 heterocycles. The predicted octanol–water partition coefficient (Wildman–Crippen LogP) is 2.97. The fraction of sp³-hybridized carbons (Fsp3) is 0.500. The minimum atomic E-state index is 0.272. The first-order valence-corrected chi connectivity index (χ1v) is 9.43.